The average molecular weight is 284 g/mol. The number of methoxy groups -OCH3 is 1. The third kappa shape index (κ3) is 4.20. The fourth-order valence-corrected chi connectivity index (χ4v) is 2.37. The number of thioether (sulfide) groups is 1. The minimum absolute atomic E-state index is 0.0824. The van der Waals surface area contributed by atoms with Crippen molar-refractivity contribution in [3.8, 4) is 0 Å². The van der Waals surface area contributed by atoms with E-state index in [4.69, 9.17) is 0 Å². The molecule has 0 aliphatic rings. The molecule has 0 amide bonds. The van der Waals surface area contributed by atoms with Gasteiger partial charge in [0.1, 0.15) is 5.69 Å². The first-order chi connectivity index (χ1) is 8.99. The molecule has 6 nitrogen and oxygen atoms in total. The van der Waals surface area contributed by atoms with E-state index in [-0.39, 0.29) is 16.4 Å². The number of carbonyl (C=O) groups is 1. The van der Waals surface area contributed by atoms with Gasteiger partial charge in [0, 0.05) is 11.8 Å². The highest BCUT2D eigenvalue weighted by Crippen LogP contribution is 2.29. The quantitative estimate of drug-likeness (QED) is 0.346. The van der Waals surface area contributed by atoms with Crippen LogP contribution in [-0.4, -0.2) is 28.7 Å². The summed E-state index contributed by atoms with van der Waals surface area (Å²) in [5.74, 6) is 0.545. The van der Waals surface area contributed by atoms with E-state index < -0.39 is 10.9 Å². The Kier molecular flexibility index (Phi) is 5.75. The molecule has 7 heteroatoms. The lowest BCUT2D eigenvalue weighted by molar-refractivity contribution is -0.388. The first-order valence-corrected chi connectivity index (χ1v) is 6.84. The largest absolute Gasteiger partial charge is 0.464 e. The molecular weight excluding hydrogens is 268 g/mol. The van der Waals surface area contributed by atoms with Crippen LogP contribution in [0.2, 0.25) is 0 Å². The Morgan fingerprint density at radius 1 is 1.58 bits per heavy atom. The van der Waals surface area contributed by atoms with Crippen molar-refractivity contribution < 1.29 is 14.5 Å². The van der Waals surface area contributed by atoms with Gasteiger partial charge < -0.3 is 4.74 Å². The molecule has 0 aliphatic carbocycles. The number of nitro groups is 1. The van der Waals surface area contributed by atoms with Gasteiger partial charge in [-0.1, -0.05) is 32.0 Å². The number of pyridine rings is 1. The number of rotatable bonds is 6. The van der Waals surface area contributed by atoms with E-state index in [2.05, 4.69) is 23.6 Å². The highest BCUT2D eigenvalue weighted by atomic mass is 32.2. The average Bonchev–Trinajstić information content (AvgIpc) is 2.43. The summed E-state index contributed by atoms with van der Waals surface area (Å²) in [5.41, 5.74) is 0.000655. The van der Waals surface area contributed by atoms with E-state index in [1.54, 1.807) is 0 Å². The lowest BCUT2D eigenvalue weighted by atomic mass is 10.2. The maximum absolute atomic E-state index is 11.4. The van der Waals surface area contributed by atoms with E-state index in [1.807, 2.05) is 0 Å². The Morgan fingerprint density at radius 2 is 2.26 bits per heavy atom. The molecular formula is C12H16N2O4S. The van der Waals surface area contributed by atoms with Gasteiger partial charge in [0.25, 0.3) is 0 Å². The Labute approximate surface area is 115 Å². The number of hydrogen-bond donors (Lipinski definition) is 0. The zero-order chi connectivity index (χ0) is 14.4. The number of esters is 1. The van der Waals surface area contributed by atoms with E-state index in [1.165, 1.54) is 31.0 Å². The summed E-state index contributed by atoms with van der Waals surface area (Å²) in [6, 6.07) is 2.59. The van der Waals surface area contributed by atoms with Crippen LogP contribution in [0.4, 0.5) is 5.69 Å². The van der Waals surface area contributed by atoms with Gasteiger partial charge in [-0.2, -0.15) is 0 Å². The molecule has 1 atom stereocenters. The zero-order valence-corrected chi connectivity index (χ0v) is 11.9. The summed E-state index contributed by atoms with van der Waals surface area (Å²) in [5, 5.41) is 11.2. The third-order valence-electron chi connectivity index (χ3n) is 2.63. The van der Waals surface area contributed by atoms with Crippen molar-refractivity contribution in [3.05, 3.63) is 27.9 Å². The van der Waals surface area contributed by atoms with Crippen molar-refractivity contribution in [1.82, 2.24) is 4.98 Å². The molecule has 1 aromatic rings. The first-order valence-electron chi connectivity index (χ1n) is 5.86. The van der Waals surface area contributed by atoms with Gasteiger partial charge in [-0.15, -0.1) is 0 Å². The Hall–Kier alpha value is -1.63. The van der Waals surface area contributed by atoms with Crippen LogP contribution in [0.25, 0.3) is 0 Å². The van der Waals surface area contributed by atoms with Gasteiger partial charge >= 0.3 is 11.7 Å². The molecule has 0 saturated heterocycles. The standard InChI is InChI=1S/C12H16N2O4S/c1-4-8(2)7-19-11-10(14(16)17)6-5-9(13-11)12(15)18-3/h5-6,8H,4,7H2,1-3H3. The van der Waals surface area contributed by atoms with Crippen molar-refractivity contribution in [2.45, 2.75) is 25.3 Å². The lowest BCUT2D eigenvalue weighted by Gasteiger charge is -2.08. The highest BCUT2D eigenvalue weighted by molar-refractivity contribution is 7.99. The van der Waals surface area contributed by atoms with Gasteiger partial charge in [-0.25, -0.2) is 9.78 Å². The van der Waals surface area contributed by atoms with Gasteiger partial charge in [0.05, 0.1) is 12.0 Å². The Morgan fingerprint density at radius 3 is 2.79 bits per heavy atom. The van der Waals surface area contributed by atoms with Crippen LogP contribution in [0, 0.1) is 16.0 Å². The van der Waals surface area contributed by atoms with E-state index in [0.717, 1.165) is 12.2 Å². The molecule has 1 unspecified atom stereocenters. The Bertz CT molecular complexity index is 479. The van der Waals surface area contributed by atoms with Crippen LogP contribution < -0.4 is 0 Å². The molecule has 0 radical (unpaired) electrons. The number of nitrogens with zero attached hydrogens (tertiary/aromatic N) is 2. The third-order valence-corrected chi connectivity index (χ3v) is 3.94. The molecule has 1 heterocycles. The predicted molar refractivity (Wildman–Crippen MR) is 72.4 cm³/mol. The topological polar surface area (TPSA) is 82.3 Å². The minimum Gasteiger partial charge on any atom is -0.464 e. The number of hydrogen-bond acceptors (Lipinski definition) is 6. The van der Waals surface area contributed by atoms with Crippen LogP contribution in [0.5, 0.6) is 0 Å². The second-order valence-electron chi connectivity index (χ2n) is 4.09. The molecule has 19 heavy (non-hydrogen) atoms. The summed E-state index contributed by atoms with van der Waals surface area (Å²) in [6.07, 6.45) is 0.984. The second kappa shape index (κ2) is 7.08. The van der Waals surface area contributed by atoms with Crippen molar-refractivity contribution in [2.75, 3.05) is 12.9 Å². The molecule has 1 rings (SSSR count). The fourth-order valence-electron chi connectivity index (χ4n) is 1.24. The first kappa shape index (κ1) is 15.4. The molecule has 1 aromatic heterocycles. The summed E-state index contributed by atoms with van der Waals surface area (Å²) >= 11 is 1.29. The molecule has 0 saturated carbocycles. The summed E-state index contributed by atoms with van der Waals surface area (Å²) in [6.45, 7) is 4.11. The van der Waals surface area contributed by atoms with E-state index in [0.29, 0.717) is 5.92 Å². The van der Waals surface area contributed by atoms with Crippen molar-refractivity contribution in [2.24, 2.45) is 5.92 Å². The Balaban J connectivity index is 3.01. The fraction of sp³-hybridized carbons (Fsp3) is 0.500. The van der Waals surface area contributed by atoms with Gasteiger partial charge in [0.15, 0.2) is 5.03 Å². The molecule has 0 fully saturated rings. The van der Waals surface area contributed by atoms with Crippen molar-refractivity contribution in [3.63, 3.8) is 0 Å². The maximum Gasteiger partial charge on any atom is 0.356 e. The molecule has 0 spiro atoms. The van der Waals surface area contributed by atoms with Crippen LogP contribution in [0.1, 0.15) is 30.8 Å². The zero-order valence-electron chi connectivity index (χ0n) is 11.1. The molecule has 104 valence electrons. The normalized spacial score (nSPS) is 11.9. The summed E-state index contributed by atoms with van der Waals surface area (Å²) < 4.78 is 4.56. The van der Waals surface area contributed by atoms with E-state index in [9.17, 15) is 14.9 Å². The molecule has 0 aromatic carbocycles. The minimum atomic E-state index is -0.597. The maximum atomic E-state index is 11.4. The lowest BCUT2D eigenvalue weighted by Crippen LogP contribution is -2.07. The van der Waals surface area contributed by atoms with Crippen molar-refractivity contribution in [1.29, 1.82) is 0 Å². The van der Waals surface area contributed by atoms with Gasteiger partial charge in [-0.05, 0) is 12.0 Å². The monoisotopic (exact) mass is 284 g/mol. The predicted octanol–water partition coefficient (Wildman–Crippen LogP) is 2.91. The number of ether oxygens (including phenoxy) is 1. The molecule has 0 N–H and O–H groups in total. The highest BCUT2D eigenvalue weighted by Gasteiger charge is 2.19. The molecule has 0 bridgehead atoms. The van der Waals surface area contributed by atoms with Crippen molar-refractivity contribution >= 4 is 23.4 Å². The van der Waals surface area contributed by atoms with Gasteiger partial charge in [0.2, 0.25) is 0 Å². The number of aromatic nitrogens is 1. The van der Waals surface area contributed by atoms with Crippen LogP contribution in [-0.2, 0) is 4.74 Å². The SMILES string of the molecule is CCC(C)CSc1nc(C(=O)OC)ccc1[N+](=O)[O-]. The van der Waals surface area contributed by atoms with Crippen LogP contribution in [0.3, 0.4) is 0 Å². The summed E-state index contributed by atoms with van der Waals surface area (Å²) in [7, 11) is 1.25. The second-order valence-corrected chi connectivity index (χ2v) is 5.10. The van der Waals surface area contributed by atoms with Crippen LogP contribution >= 0.6 is 11.8 Å². The summed E-state index contributed by atoms with van der Waals surface area (Å²) in [4.78, 5) is 25.8. The number of carbonyl (C=O) groups excluding carboxylic acids is 1. The molecule has 0 aliphatic heterocycles. The smallest absolute Gasteiger partial charge is 0.356 e. The van der Waals surface area contributed by atoms with Crippen LogP contribution in [0.15, 0.2) is 17.2 Å². The van der Waals surface area contributed by atoms with Gasteiger partial charge in [-0.3, -0.25) is 10.1 Å². The van der Waals surface area contributed by atoms with E-state index >= 15 is 0 Å².